The third-order valence-electron chi connectivity index (χ3n) is 1.31. The van der Waals surface area contributed by atoms with E-state index in [1.165, 1.54) is 0 Å². The third kappa shape index (κ3) is 14.0. The van der Waals surface area contributed by atoms with Crippen molar-refractivity contribution in [2.24, 2.45) is 0 Å². The fraction of sp³-hybridized carbons (Fsp3) is 0.182. The number of allylic oxidation sites excluding steroid dienone is 8. The van der Waals surface area contributed by atoms with Gasteiger partial charge in [0.05, 0.1) is 0 Å². The summed E-state index contributed by atoms with van der Waals surface area (Å²) in [5, 5.41) is 8.25. The van der Waals surface area contributed by atoms with Gasteiger partial charge in [0.15, 0.2) is 0 Å². The van der Waals surface area contributed by atoms with Crippen molar-refractivity contribution in [1.29, 1.82) is 0 Å². The van der Waals surface area contributed by atoms with Crippen LogP contribution in [0.2, 0.25) is 0 Å². The van der Waals surface area contributed by atoms with Crippen LogP contribution < -0.4 is 34.7 Å². The normalized spacial score (nSPS) is 13.4. The molecule has 2 aliphatic carbocycles. The maximum atomic E-state index is 8.25. The Morgan fingerprint density at radius 3 is 1.14 bits per heavy atom. The van der Waals surface area contributed by atoms with Gasteiger partial charge in [0.2, 0.25) is 0 Å². The fourth-order valence-electron chi connectivity index (χ4n) is 0.786. The zero-order chi connectivity index (χ0) is 9.78. The van der Waals surface area contributed by atoms with Crippen LogP contribution >= 0.6 is 0 Å². The molecule has 2 nitrogen and oxygen atoms in total. The fourth-order valence-corrected chi connectivity index (χ4v) is 0.786. The van der Waals surface area contributed by atoms with E-state index in [-0.39, 0.29) is 29.6 Å². The summed E-state index contributed by atoms with van der Waals surface area (Å²) in [7, 11) is 0. The van der Waals surface area contributed by atoms with Crippen LogP contribution in [0, 0.1) is 0 Å². The van der Waals surface area contributed by atoms with Gasteiger partial charge in [-0.25, -0.2) is 0 Å². The van der Waals surface area contributed by atoms with Gasteiger partial charge in [-0.1, -0.05) is 48.6 Å². The molecular weight excluding hydrogens is 187 g/mol. The van der Waals surface area contributed by atoms with E-state index in [0.29, 0.717) is 0 Å². The van der Waals surface area contributed by atoms with Crippen molar-refractivity contribution in [3.63, 3.8) is 0 Å². The summed E-state index contributed by atoms with van der Waals surface area (Å²) < 4.78 is 0. The second-order valence-electron chi connectivity index (χ2n) is 2.28. The Morgan fingerprint density at radius 1 is 0.857 bits per heavy atom. The van der Waals surface area contributed by atoms with Gasteiger partial charge in [-0.2, -0.15) is 0 Å². The molecule has 14 heavy (non-hydrogen) atoms. The van der Waals surface area contributed by atoms with E-state index in [1.807, 2.05) is 0 Å². The Bertz CT molecular complexity index is 185. The minimum Gasteiger partial charge on any atom is -0.554 e. The van der Waals surface area contributed by atoms with Gasteiger partial charge >= 0.3 is 29.6 Å². The molecule has 0 heterocycles. The molecule has 0 radical (unpaired) electrons. The van der Waals surface area contributed by atoms with Crippen molar-refractivity contribution in [3.05, 3.63) is 48.6 Å². The molecule has 0 fully saturated rings. The summed E-state index contributed by atoms with van der Waals surface area (Å²) in [4.78, 5) is 8.25. The van der Waals surface area contributed by atoms with Crippen molar-refractivity contribution >= 4 is 6.47 Å². The molecule has 0 aromatic carbocycles. The zero-order valence-corrected chi connectivity index (χ0v) is 10.4. The Morgan fingerprint density at radius 2 is 1.07 bits per heavy atom. The predicted octanol–water partition coefficient (Wildman–Crippen LogP) is -1.62. The van der Waals surface area contributed by atoms with E-state index in [0.717, 1.165) is 12.8 Å². The van der Waals surface area contributed by atoms with Crippen molar-refractivity contribution in [1.82, 2.24) is 0 Å². The number of rotatable bonds is 0. The number of hydrogen-bond donors (Lipinski definition) is 0. The van der Waals surface area contributed by atoms with Crippen LogP contribution in [0.3, 0.4) is 0 Å². The Hall–Kier alpha value is -0.570. The minimum absolute atomic E-state index is 0. The summed E-state index contributed by atoms with van der Waals surface area (Å²) in [6.07, 6.45) is 19.0. The molecule has 0 N–H and O–H groups in total. The molecule has 0 saturated carbocycles. The van der Waals surface area contributed by atoms with Crippen molar-refractivity contribution in [2.75, 3.05) is 0 Å². The van der Waals surface area contributed by atoms with Crippen molar-refractivity contribution in [2.45, 2.75) is 12.8 Å². The second-order valence-corrected chi connectivity index (χ2v) is 2.28. The molecule has 0 aromatic heterocycles. The van der Waals surface area contributed by atoms with E-state index >= 15 is 0 Å². The molecule has 0 atom stereocenters. The smallest absolute Gasteiger partial charge is 0.554 e. The van der Waals surface area contributed by atoms with Crippen LogP contribution in [-0.2, 0) is 4.79 Å². The monoisotopic (exact) mass is 200 g/mol. The van der Waals surface area contributed by atoms with Gasteiger partial charge in [-0.05, 0) is 12.8 Å². The summed E-state index contributed by atoms with van der Waals surface area (Å²) >= 11 is 0. The topological polar surface area (TPSA) is 40.1 Å². The Labute approximate surface area is 107 Å². The average Bonchev–Trinajstić information content (AvgIpc) is 2.85. The van der Waals surface area contributed by atoms with Gasteiger partial charge in [0, 0.05) is 6.47 Å². The van der Waals surface area contributed by atoms with E-state index in [2.05, 4.69) is 48.6 Å². The van der Waals surface area contributed by atoms with Crippen molar-refractivity contribution < 1.29 is 39.5 Å². The number of carboxylic acid groups (broad SMARTS) is 1. The first kappa shape index (κ1) is 15.9. The molecule has 0 aromatic rings. The van der Waals surface area contributed by atoms with Crippen LogP contribution in [-0.4, -0.2) is 6.47 Å². The molecule has 0 aliphatic heterocycles. The molecule has 0 saturated heterocycles. The van der Waals surface area contributed by atoms with E-state index in [1.54, 1.807) is 0 Å². The molecule has 2 rings (SSSR count). The van der Waals surface area contributed by atoms with Gasteiger partial charge in [0.25, 0.3) is 0 Å². The van der Waals surface area contributed by atoms with Crippen LogP contribution in [0.15, 0.2) is 48.6 Å². The Kier molecular flexibility index (Phi) is 16.9. The van der Waals surface area contributed by atoms with Crippen LogP contribution in [0.4, 0.5) is 0 Å². The molecule has 0 bridgehead atoms. The van der Waals surface area contributed by atoms with E-state index in [9.17, 15) is 0 Å². The Balaban J connectivity index is 0. The number of carbonyl (C=O) groups is 1. The van der Waals surface area contributed by atoms with Crippen molar-refractivity contribution in [3.8, 4) is 0 Å². The molecular formula is C11H13NaO2. The first-order valence-corrected chi connectivity index (χ1v) is 4.10. The summed E-state index contributed by atoms with van der Waals surface area (Å²) in [6.45, 7) is -0.500. The molecule has 0 amide bonds. The summed E-state index contributed by atoms with van der Waals surface area (Å²) in [5.74, 6) is 0. The van der Waals surface area contributed by atoms with Gasteiger partial charge in [-0.15, -0.1) is 0 Å². The standard InChI is InChI=1S/2C5H6.CH2O2.Na/c2*1-2-4-5-3-1;2-1-3;/h2*1-4H,5H2;1H,(H,2,3);/q;;;+1/p-1. The van der Waals surface area contributed by atoms with Crippen LogP contribution in [0.25, 0.3) is 0 Å². The molecule has 70 valence electrons. The third-order valence-corrected chi connectivity index (χ3v) is 1.31. The largest absolute Gasteiger partial charge is 1.00 e. The van der Waals surface area contributed by atoms with Crippen LogP contribution in [0.1, 0.15) is 12.8 Å². The average molecular weight is 200 g/mol. The maximum absolute atomic E-state index is 8.25. The zero-order valence-electron chi connectivity index (χ0n) is 8.43. The van der Waals surface area contributed by atoms with E-state index < -0.39 is 6.47 Å². The minimum atomic E-state index is -0.500. The van der Waals surface area contributed by atoms with Gasteiger partial charge in [0.1, 0.15) is 0 Å². The quantitative estimate of drug-likeness (QED) is 0.348. The second kappa shape index (κ2) is 14.9. The molecule has 3 heteroatoms. The first-order chi connectivity index (χ1) is 6.41. The first-order valence-electron chi connectivity index (χ1n) is 4.10. The summed E-state index contributed by atoms with van der Waals surface area (Å²) in [5.41, 5.74) is 0. The SMILES string of the molecule is C1=CCC=C1.C1=CCC=C1.O=C[O-].[Na+]. The predicted molar refractivity (Wildman–Crippen MR) is 51.9 cm³/mol. The van der Waals surface area contributed by atoms with Gasteiger partial charge in [-0.3, -0.25) is 0 Å². The molecule has 0 unspecified atom stereocenters. The molecule has 0 spiro atoms. The maximum Gasteiger partial charge on any atom is 1.00 e. The number of hydrogen-bond acceptors (Lipinski definition) is 2. The van der Waals surface area contributed by atoms with Gasteiger partial charge < -0.3 is 9.90 Å². The number of carbonyl (C=O) groups excluding carboxylic acids is 1. The summed E-state index contributed by atoms with van der Waals surface area (Å²) in [6, 6.07) is 0. The molecule has 2 aliphatic rings. The van der Waals surface area contributed by atoms with Crippen LogP contribution in [0.5, 0.6) is 0 Å². The van der Waals surface area contributed by atoms with E-state index in [4.69, 9.17) is 9.90 Å².